The number of benzene rings is 1. The standard InChI is InChI=1S/C16H25F2N3/c1-4-20-5-7-21(8-6-20)16-14(17)9-13(10-15(16)18)11-19-12(2)3/h9-10,12,19H,4-8,11H2,1-3H3. The predicted molar refractivity (Wildman–Crippen MR) is 82.7 cm³/mol. The van der Waals surface area contributed by atoms with Gasteiger partial charge < -0.3 is 15.1 Å². The first-order valence-electron chi connectivity index (χ1n) is 7.69. The van der Waals surface area contributed by atoms with Gasteiger partial charge in [-0.2, -0.15) is 0 Å². The summed E-state index contributed by atoms with van der Waals surface area (Å²) >= 11 is 0. The maximum atomic E-state index is 14.3. The summed E-state index contributed by atoms with van der Waals surface area (Å²) < 4.78 is 28.6. The molecular weight excluding hydrogens is 272 g/mol. The van der Waals surface area contributed by atoms with Gasteiger partial charge in [0.25, 0.3) is 0 Å². The molecule has 21 heavy (non-hydrogen) atoms. The van der Waals surface area contributed by atoms with Crippen LogP contribution in [0.3, 0.4) is 0 Å². The summed E-state index contributed by atoms with van der Waals surface area (Å²) in [6.45, 7) is 10.6. The summed E-state index contributed by atoms with van der Waals surface area (Å²) in [5.74, 6) is -0.916. The first kappa shape index (κ1) is 16.2. The van der Waals surface area contributed by atoms with Gasteiger partial charge in [0.1, 0.15) is 17.3 Å². The first-order chi connectivity index (χ1) is 10.0. The molecule has 0 saturated carbocycles. The molecule has 0 amide bonds. The van der Waals surface area contributed by atoms with Crippen molar-refractivity contribution in [1.29, 1.82) is 0 Å². The third-order valence-corrected chi connectivity index (χ3v) is 3.93. The molecule has 1 aromatic rings. The number of anilines is 1. The molecule has 5 heteroatoms. The van der Waals surface area contributed by atoms with Gasteiger partial charge >= 0.3 is 0 Å². The molecule has 0 atom stereocenters. The molecule has 118 valence electrons. The van der Waals surface area contributed by atoms with Gasteiger partial charge in [-0.1, -0.05) is 20.8 Å². The molecule has 1 fully saturated rings. The number of halogens is 2. The lowest BCUT2D eigenvalue weighted by molar-refractivity contribution is 0.269. The Hall–Kier alpha value is -1.20. The average molecular weight is 297 g/mol. The Balaban J connectivity index is 2.10. The van der Waals surface area contributed by atoms with Gasteiger partial charge in [-0.25, -0.2) is 8.78 Å². The van der Waals surface area contributed by atoms with Gasteiger partial charge in [-0.3, -0.25) is 0 Å². The largest absolute Gasteiger partial charge is 0.364 e. The topological polar surface area (TPSA) is 18.5 Å². The van der Waals surface area contributed by atoms with E-state index in [-0.39, 0.29) is 11.7 Å². The summed E-state index contributed by atoms with van der Waals surface area (Å²) in [5.41, 5.74) is 0.772. The molecule has 0 radical (unpaired) electrons. The number of hydrogen-bond acceptors (Lipinski definition) is 3. The summed E-state index contributed by atoms with van der Waals surface area (Å²) in [7, 11) is 0. The van der Waals surface area contributed by atoms with Crippen molar-refractivity contribution in [2.75, 3.05) is 37.6 Å². The third-order valence-electron chi connectivity index (χ3n) is 3.93. The second-order valence-electron chi connectivity index (χ2n) is 5.86. The lowest BCUT2D eigenvalue weighted by Gasteiger charge is -2.35. The zero-order valence-corrected chi connectivity index (χ0v) is 13.1. The van der Waals surface area contributed by atoms with E-state index in [1.54, 1.807) is 0 Å². The van der Waals surface area contributed by atoms with E-state index in [4.69, 9.17) is 0 Å². The highest BCUT2D eigenvalue weighted by atomic mass is 19.1. The number of nitrogens with zero attached hydrogens (tertiary/aromatic N) is 2. The molecule has 0 aliphatic carbocycles. The van der Waals surface area contributed by atoms with Crippen molar-refractivity contribution in [1.82, 2.24) is 10.2 Å². The Labute approximate surface area is 125 Å². The Morgan fingerprint density at radius 1 is 1.10 bits per heavy atom. The maximum Gasteiger partial charge on any atom is 0.149 e. The van der Waals surface area contributed by atoms with Crippen LogP contribution in [-0.2, 0) is 6.54 Å². The number of piperazine rings is 1. The highest BCUT2D eigenvalue weighted by Crippen LogP contribution is 2.26. The average Bonchev–Trinajstić information content (AvgIpc) is 2.45. The van der Waals surface area contributed by atoms with Gasteiger partial charge in [0, 0.05) is 38.8 Å². The Morgan fingerprint density at radius 3 is 2.14 bits per heavy atom. The molecule has 0 bridgehead atoms. The molecule has 1 saturated heterocycles. The monoisotopic (exact) mass is 297 g/mol. The summed E-state index contributed by atoms with van der Waals surface area (Å²) in [5, 5.41) is 3.18. The highest BCUT2D eigenvalue weighted by Gasteiger charge is 2.22. The van der Waals surface area contributed by atoms with Crippen molar-refractivity contribution < 1.29 is 8.78 Å². The lowest BCUT2D eigenvalue weighted by Crippen LogP contribution is -2.46. The van der Waals surface area contributed by atoms with E-state index in [0.717, 1.165) is 19.6 Å². The van der Waals surface area contributed by atoms with Crippen LogP contribution in [0.15, 0.2) is 12.1 Å². The van der Waals surface area contributed by atoms with Crippen LogP contribution in [0.1, 0.15) is 26.3 Å². The molecule has 1 aromatic carbocycles. The van der Waals surface area contributed by atoms with Crippen molar-refractivity contribution in [3.05, 3.63) is 29.3 Å². The SMILES string of the molecule is CCN1CCN(c2c(F)cc(CNC(C)C)cc2F)CC1. The van der Waals surface area contributed by atoms with Crippen molar-refractivity contribution in [3.8, 4) is 0 Å². The second-order valence-corrected chi connectivity index (χ2v) is 5.86. The van der Waals surface area contributed by atoms with E-state index in [9.17, 15) is 8.78 Å². The molecule has 2 rings (SSSR count). The molecule has 0 spiro atoms. The van der Waals surface area contributed by atoms with Gasteiger partial charge in [0.2, 0.25) is 0 Å². The van der Waals surface area contributed by atoms with Crippen LogP contribution in [0.5, 0.6) is 0 Å². The molecular formula is C16H25F2N3. The normalized spacial score (nSPS) is 16.8. The molecule has 0 unspecified atom stereocenters. The summed E-state index contributed by atoms with van der Waals surface area (Å²) in [6, 6.07) is 3.18. The quantitative estimate of drug-likeness (QED) is 0.901. The van der Waals surface area contributed by atoms with E-state index in [0.29, 0.717) is 25.2 Å². The van der Waals surface area contributed by atoms with Gasteiger partial charge in [-0.05, 0) is 24.2 Å². The van der Waals surface area contributed by atoms with Gasteiger partial charge in [-0.15, -0.1) is 0 Å². The molecule has 1 aliphatic rings. The van der Waals surface area contributed by atoms with Crippen molar-refractivity contribution in [2.45, 2.75) is 33.4 Å². The molecule has 1 heterocycles. The van der Waals surface area contributed by atoms with Gasteiger partial charge in [0.05, 0.1) is 0 Å². The van der Waals surface area contributed by atoms with E-state index in [1.165, 1.54) is 12.1 Å². The van der Waals surface area contributed by atoms with Crippen LogP contribution in [0.25, 0.3) is 0 Å². The minimum Gasteiger partial charge on any atom is -0.364 e. The summed E-state index contributed by atoms with van der Waals surface area (Å²) in [4.78, 5) is 4.10. The van der Waals surface area contributed by atoms with Crippen LogP contribution in [0.4, 0.5) is 14.5 Å². The van der Waals surface area contributed by atoms with Crippen molar-refractivity contribution in [2.24, 2.45) is 0 Å². The zero-order valence-electron chi connectivity index (χ0n) is 13.1. The van der Waals surface area contributed by atoms with E-state index in [2.05, 4.69) is 17.1 Å². The number of rotatable bonds is 5. The van der Waals surface area contributed by atoms with Gasteiger partial charge in [0.15, 0.2) is 0 Å². The van der Waals surface area contributed by atoms with E-state index < -0.39 is 11.6 Å². The fourth-order valence-corrected chi connectivity index (χ4v) is 2.63. The first-order valence-corrected chi connectivity index (χ1v) is 7.69. The number of likely N-dealkylation sites (N-methyl/N-ethyl adjacent to an activating group) is 1. The van der Waals surface area contributed by atoms with Crippen molar-refractivity contribution >= 4 is 5.69 Å². The highest BCUT2D eigenvalue weighted by molar-refractivity contribution is 5.51. The predicted octanol–water partition coefficient (Wildman–Crippen LogP) is 2.60. The van der Waals surface area contributed by atoms with Crippen LogP contribution in [-0.4, -0.2) is 43.7 Å². The second kappa shape index (κ2) is 7.18. The number of nitrogens with one attached hydrogen (secondary N) is 1. The number of hydrogen-bond donors (Lipinski definition) is 1. The minimum absolute atomic E-state index is 0.124. The van der Waals surface area contributed by atoms with E-state index >= 15 is 0 Å². The van der Waals surface area contributed by atoms with Crippen LogP contribution < -0.4 is 10.2 Å². The van der Waals surface area contributed by atoms with Crippen LogP contribution in [0.2, 0.25) is 0 Å². The third kappa shape index (κ3) is 4.14. The zero-order chi connectivity index (χ0) is 15.4. The Kier molecular flexibility index (Phi) is 5.53. The smallest absolute Gasteiger partial charge is 0.149 e. The van der Waals surface area contributed by atoms with Crippen LogP contribution in [0, 0.1) is 11.6 Å². The van der Waals surface area contributed by atoms with Crippen molar-refractivity contribution in [3.63, 3.8) is 0 Å². The summed E-state index contributed by atoms with van der Waals surface area (Å²) in [6.07, 6.45) is 0. The fraction of sp³-hybridized carbons (Fsp3) is 0.625. The van der Waals surface area contributed by atoms with E-state index in [1.807, 2.05) is 18.7 Å². The minimum atomic E-state index is -0.458. The van der Waals surface area contributed by atoms with Crippen LogP contribution >= 0.6 is 0 Å². The Morgan fingerprint density at radius 2 is 1.67 bits per heavy atom. The molecule has 1 aliphatic heterocycles. The Bertz CT molecular complexity index is 446. The lowest BCUT2D eigenvalue weighted by atomic mass is 10.1. The fourth-order valence-electron chi connectivity index (χ4n) is 2.63. The molecule has 3 nitrogen and oxygen atoms in total. The molecule has 0 aromatic heterocycles. The molecule has 1 N–H and O–H groups in total. The maximum absolute atomic E-state index is 14.3.